The van der Waals surface area contributed by atoms with Gasteiger partial charge in [0.15, 0.2) is 0 Å². The van der Waals surface area contributed by atoms with E-state index in [0.717, 1.165) is 18.4 Å². The number of carbonyl (C=O) groups is 2. The maximum atomic E-state index is 12.5. The van der Waals surface area contributed by atoms with Crippen molar-refractivity contribution < 1.29 is 23.6 Å². The Bertz CT molecular complexity index is 758. The Balaban J connectivity index is 1.63. The number of amides is 1. The van der Waals surface area contributed by atoms with Gasteiger partial charge in [-0.1, -0.05) is 35.5 Å². The van der Waals surface area contributed by atoms with E-state index in [2.05, 4.69) is 9.89 Å². The molecule has 3 rings (SSSR count). The van der Waals surface area contributed by atoms with Crippen LogP contribution in [-0.4, -0.2) is 41.8 Å². The second-order valence-corrected chi connectivity index (χ2v) is 6.42. The van der Waals surface area contributed by atoms with Crippen LogP contribution in [0.4, 0.5) is 4.79 Å². The van der Waals surface area contributed by atoms with Crippen LogP contribution in [0, 0.1) is 0 Å². The molecule has 0 radical (unpaired) electrons. The summed E-state index contributed by atoms with van der Waals surface area (Å²) >= 11 is 0. The highest BCUT2D eigenvalue weighted by atomic mass is 16.6. The first-order chi connectivity index (χ1) is 12.6. The molecule has 2 atom stereocenters. The molecule has 1 aliphatic rings. The Kier molecular flexibility index (Phi) is 5.55. The Morgan fingerprint density at radius 2 is 2.04 bits per heavy atom. The van der Waals surface area contributed by atoms with Gasteiger partial charge in [-0.05, 0) is 25.3 Å². The second kappa shape index (κ2) is 8.03. The van der Waals surface area contributed by atoms with E-state index in [9.17, 15) is 9.59 Å². The Hall–Kier alpha value is -2.83. The van der Waals surface area contributed by atoms with Crippen molar-refractivity contribution in [3.05, 3.63) is 53.4 Å². The quantitative estimate of drug-likeness (QED) is 0.780. The van der Waals surface area contributed by atoms with E-state index in [0.29, 0.717) is 12.2 Å². The number of benzene rings is 1. The molecule has 1 amide bonds. The first-order valence-corrected chi connectivity index (χ1v) is 8.60. The summed E-state index contributed by atoms with van der Waals surface area (Å²) in [5.41, 5.74) is 1.60. The topological polar surface area (TPSA) is 81.9 Å². The van der Waals surface area contributed by atoms with Crippen molar-refractivity contribution in [3.8, 4) is 0 Å². The van der Waals surface area contributed by atoms with Gasteiger partial charge in [-0.2, -0.15) is 0 Å². The zero-order valence-corrected chi connectivity index (χ0v) is 14.9. The Morgan fingerprint density at radius 1 is 1.27 bits per heavy atom. The largest absolute Gasteiger partial charge is 0.463 e. The molecule has 7 nitrogen and oxygen atoms in total. The molecule has 26 heavy (non-hydrogen) atoms. The second-order valence-electron chi connectivity index (χ2n) is 6.42. The maximum Gasteiger partial charge on any atom is 0.410 e. The summed E-state index contributed by atoms with van der Waals surface area (Å²) in [6, 6.07) is 11.2. The molecule has 2 heterocycles. The standard InChI is InChI=1S/C19H22N2O5/c1-13-8-9-15(16-10-17(26-20-16)18(22)24-2)11-21(13)19(23)25-12-14-6-4-3-5-7-14/h3-7,10,13,15H,8-9,11-12H2,1-2H3/t13-,15-/m1/s1. The van der Waals surface area contributed by atoms with Crippen molar-refractivity contribution in [2.45, 2.75) is 38.3 Å². The van der Waals surface area contributed by atoms with Crippen molar-refractivity contribution in [1.82, 2.24) is 10.1 Å². The first kappa shape index (κ1) is 18.0. The third kappa shape index (κ3) is 4.04. The number of carbonyl (C=O) groups excluding carboxylic acids is 2. The molecular formula is C19H22N2O5. The third-order valence-corrected chi connectivity index (χ3v) is 4.65. The fourth-order valence-corrected chi connectivity index (χ4v) is 3.08. The van der Waals surface area contributed by atoms with E-state index in [-0.39, 0.29) is 30.4 Å². The molecule has 1 saturated heterocycles. The van der Waals surface area contributed by atoms with E-state index in [1.807, 2.05) is 37.3 Å². The summed E-state index contributed by atoms with van der Waals surface area (Å²) in [6.45, 7) is 2.72. The maximum absolute atomic E-state index is 12.5. The van der Waals surface area contributed by atoms with Crippen molar-refractivity contribution in [3.63, 3.8) is 0 Å². The Labute approximate surface area is 151 Å². The van der Waals surface area contributed by atoms with Gasteiger partial charge in [0, 0.05) is 24.6 Å². The highest BCUT2D eigenvalue weighted by molar-refractivity contribution is 5.86. The van der Waals surface area contributed by atoms with Gasteiger partial charge in [-0.15, -0.1) is 0 Å². The first-order valence-electron chi connectivity index (χ1n) is 8.60. The van der Waals surface area contributed by atoms with Crippen LogP contribution >= 0.6 is 0 Å². The number of rotatable bonds is 4. The highest BCUT2D eigenvalue weighted by Gasteiger charge is 2.32. The van der Waals surface area contributed by atoms with Crippen LogP contribution in [0.2, 0.25) is 0 Å². The zero-order chi connectivity index (χ0) is 18.5. The van der Waals surface area contributed by atoms with Crippen LogP contribution in [0.3, 0.4) is 0 Å². The van der Waals surface area contributed by atoms with Gasteiger partial charge in [0.05, 0.1) is 12.8 Å². The van der Waals surface area contributed by atoms with Gasteiger partial charge in [0.25, 0.3) is 0 Å². The molecule has 1 aromatic carbocycles. The lowest BCUT2D eigenvalue weighted by Gasteiger charge is -2.36. The van der Waals surface area contributed by atoms with Gasteiger partial charge in [-0.25, -0.2) is 9.59 Å². The van der Waals surface area contributed by atoms with E-state index in [1.165, 1.54) is 7.11 Å². The minimum Gasteiger partial charge on any atom is -0.463 e. The number of piperidine rings is 1. The van der Waals surface area contributed by atoms with E-state index in [1.54, 1.807) is 11.0 Å². The molecule has 0 bridgehead atoms. The number of hydrogen-bond donors (Lipinski definition) is 0. The molecule has 1 fully saturated rings. The predicted octanol–water partition coefficient (Wildman–Crippen LogP) is 3.37. The molecule has 0 unspecified atom stereocenters. The zero-order valence-electron chi connectivity index (χ0n) is 14.9. The SMILES string of the molecule is COC(=O)c1cc([C@@H]2CC[C@@H](C)N(C(=O)OCc3ccccc3)C2)no1. The molecule has 138 valence electrons. The summed E-state index contributed by atoms with van der Waals surface area (Å²) < 4.78 is 15.1. The lowest BCUT2D eigenvalue weighted by atomic mass is 9.91. The fourth-order valence-electron chi connectivity index (χ4n) is 3.08. The normalized spacial score (nSPS) is 19.8. The summed E-state index contributed by atoms with van der Waals surface area (Å²) in [6.07, 6.45) is 1.34. The van der Waals surface area contributed by atoms with E-state index in [4.69, 9.17) is 9.26 Å². The molecule has 1 aliphatic heterocycles. The minimum atomic E-state index is -0.563. The summed E-state index contributed by atoms with van der Waals surface area (Å²) in [5, 5.41) is 3.97. The number of likely N-dealkylation sites (tertiary alicyclic amines) is 1. The fraction of sp³-hybridized carbons (Fsp3) is 0.421. The lowest BCUT2D eigenvalue weighted by Crippen LogP contribution is -2.45. The van der Waals surface area contributed by atoms with Gasteiger partial charge in [0.1, 0.15) is 6.61 Å². The average molecular weight is 358 g/mol. The van der Waals surface area contributed by atoms with Crippen molar-refractivity contribution in [2.24, 2.45) is 0 Å². The van der Waals surface area contributed by atoms with Crippen LogP contribution < -0.4 is 0 Å². The lowest BCUT2D eigenvalue weighted by molar-refractivity contribution is 0.0554. The van der Waals surface area contributed by atoms with Crippen LogP contribution in [0.15, 0.2) is 40.9 Å². The number of nitrogens with zero attached hydrogens (tertiary/aromatic N) is 2. The number of aromatic nitrogens is 1. The third-order valence-electron chi connectivity index (χ3n) is 4.65. The van der Waals surface area contributed by atoms with Crippen molar-refractivity contribution in [1.29, 1.82) is 0 Å². The predicted molar refractivity (Wildman–Crippen MR) is 92.6 cm³/mol. The van der Waals surface area contributed by atoms with Gasteiger partial charge in [-0.3, -0.25) is 0 Å². The van der Waals surface area contributed by atoms with E-state index < -0.39 is 5.97 Å². The Morgan fingerprint density at radius 3 is 2.77 bits per heavy atom. The summed E-state index contributed by atoms with van der Waals surface area (Å²) in [4.78, 5) is 25.7. The number of methoxy groups -OCH3 is 1. The number of ether oxygens (including phenoxy) is 2. The monoisotopic (exact) mass is 358 g/mol. The number of hydrogen-bond acceptors (Lipinski definition) is 6. The smallest absolute Gasteiger partial charge is 0.410 e. The molecule has 0 N–H and O–H groups in total. The van der Waals surface area contributed by atoms with E-state index >= 15 is 0 Å². The molecule has 0 spiro atoms. The van der Waals surface area contributed by atoms with Crippen molar-refractivity contribution >= 4 is 12.1 Å². The molecular weight excluding hydrogens is 336 g/mol. The van der Waals surface area contributed by atoms with Gasteiger partial charge >= 0.3 is 12.1 Å². The molecule has 7 heteroatoms. The molecule has 0 aliphatic carbocycles. The molecule has 0 saturated carbocycles. The number of esters is 1. The van der Waals surface area contributed by atoms with Crippen LogP contribution in [-0.2, 0) is 16.1 Å². The summed E-state index contributed by atoms with van der Waals surface area (Å²) in [5.74, 6) is -0.496. The van der Waals surface area contributed by atoms with Crippen molar-refractivity contribution in [2.75, 3.05) is 13.7 Å². The van der Waals surface area contributed by atoms with Crippen LogP contribution in [0.5, 0.6) is 0 Å². The molecule has 2 aromatic rings. The highest BCUT2D eigenvalue weighted by Crippen LogP contribution is 2.30. The minimum absolute atomic E-state index is 0.00219. The van der Waals surface area contributed by atoms with Gasteiger partial charge in [0.2, 0.25) is 5.76 Å². The van der Waals surface area contributed by atoms with Crippen LogP contribution in [0.25, 0.3) is 0 Å². The average Bonchev–Trinajstić information content (AvgIpc) is 3.17. The van der Waals surface area contributed by atoms with Crippen LogP contribution in [0.1, 0.15) is 47.5 Å². The molecule has 1 aromatic heterocycles. The van der Waals surface area contributed by atoms with Gasteiger partial charge < -0.3 is 18.9 Å². The summed E-state index contributed by atoms with van der Waals surface area (Å²) in [7, 11) is 1.29.